The predicted molar refractivity (Wildman–Crippen MR) is 72.7 cm³/mol. The Morgan fingerprint density at radius 1 is 1.37 bits per heavy atom. The lowest BCUT2D eigenvalue weighted by Gasteiger charge is -2.25. The second-order valence-corrected chi connectivity index (χ2v) is 5.65. The number of aryl methyl sites for hydroxylation is 1. The molecule has 0 bridgehead atoms. The molecule has 0 spiro atoms. The van der Waals surface area contributed by atoms with Gasteiger partial charge in [0.1, 0.15) is 11.4 Å². The maximum absolute atomic E-state index is 11.8. The van der Waals surface area contributed by atoms with Crippen LogP contribution in [-0.2, 0) is 16.0 Å². The quantitative estimate of drug-likeness (QED) is 0.902. The van der Waals surface area contributed by atoms with Gasteiger partial charge in [0.25, 0.3) is 0 Å². The van der Waals surface area contributed by atoms with E-state index in [9.17, 15) is 14.7 Å². The summed E-state index contributed by atoms with van der Waals surface area (Å²) in [6.45, 7) is 2.94. The highest BCUT2D eigenvalue weighted by Crippen LogP contribution is 2.40. The normalized spacial score (nSPS) is 30.6. The zero-order valence-electron chi connectivity index (χ0n) is 11.4. The Hall–Kier alpha value is -1.48. The summed E-state index contributed by atoms with van der Waals surface area (Å²) in [7, 11) is 0. The fourth-order valence-electron chi connectivity index (χ4n) is 3.19. The van der Waals surface area contributed by atoms with E-state index in [0.29, 0.717) is 6.42 Å². The van der Waals surface area contributed by atoms with Crippen LogP contribution in [0.15, 0.2) is 30.3 Å². The maximum Gasteiger partial charge on any atom is 0.165 e. The fraction of sp³-hybridized carbons (Fsp3) is 0.500. The molecule has 3 nitrogen and oxygen atoms in total. The van der Waals surface area contributed by atoms with E-state index in [-0.39, 0.29) is 17.5 Å². The van der Waals surface area contributed by atoms with Gasteiger partial charge in [-0.15, -0.1) is 0 Å². The van der Waals surface area contributed by atoms with Crippen LogP contribution in [-0.4, -0.2) is 22.3 Å². The van der Waals surface area contributed by atoms with Crippen LogP contribution in [0.4, 0.5) is 0 Å². The molecule has 1 aliphatic carbocycles. The third-order valence-electron chi connectivity index (χ3n) is 4.17. The second-order valence-electron chi connectivity index (χ2n) is 5.65. The van der Waals surface area contributed by atoms with Crippen molar-refractivity contribution in [3.05, 3.63) is 35.9 Å². The van der Waals surface area contributed by atoms with Crippen molar-refractivity contribution in [1.29, 1.82) is 0 Å². The van der Waals surface area contributed by atoms with E-state index in [0.717, 1.165) is 12.8 Å². The van der Waals surface area contributed by atoms with Crippen molar-refractivity contribution < 1.29 is 14.7 Å². The molecule has 1 aliphatic rings. The molecular weight excluding hydrogens is 240 g/mol. The van der Waals surface area contributed by atoms with Crippen LogP contribution in [0.5, 0.6) is 0 Å². The molecule has 0 aliphatic heterocycles. The average molecular weight is 260 g/mol. The third kappa shape index (κ3) is 2.76. The zero-order chi connectivity index (χ0) is 14.0. The van der Waals surface area contributed by atoms with Gasteiger partial charge >= 0.3 is 0 Å². The molecule has 1 saturated carbocycles. The zero-order valence-corrected chi connectivity index (χ0v) is 11.4. The monoisotopic (exact) mass is 260 g/mol. The lowest BCUT2D eigenvalue weighted by atomic mass is 9.81. The van der Waals surface area contributed by atoms with Gasteiger partial charge in [0.2, 0.25) is 0 Å². The first kappa shape index (κ1) is 13.9. The molecule has 0 amide bonds. The summed E-state index contributed by atoms with van der Waals surface area (Å²) >= 11 is 0. The first-order valence-corrected chi connectivity index (χ1v) is 6.73. The smallest absolute Gasteiger partial charge is 0.165 e. The van der Waals surface area contributed by atoms with Crippen molar-refractivity contribution in [3.8, 4) is 0 Å². The summed E-state index contributed by atoms with van der Waals surface area (Å²) in [4.78, 5) is 23.5. The Morgan fingerprint density at radius 3 is 2.58 bits per heavy atom. The topological polar surface area (TPSA) is 54.4 Å². The Bertz CT molecular complexity index is 476. The lowest BCUT2D eigenvalue weighted by molar-refractivity contribution is -0.141. The third-order valence-corrected chi connectivity index (χ3v) is 4.17. The van der Waals surface area contributed by atoms with Crippen LogP contribution in [0.3, 0.4) is 0 Å². The van der Waals surface area contributed by atoms with E-state index in [1.807, 2.05) is 30.3 Å². The Labute approximate surface area is 113 Å². The Kier molecular flexibility index (Phi) is 3.85. The number of ketones is 2. The van der Waals surface area contributed by atoms with Crippen LogP contribution >= 0.6 is 0 Å². The number of benzene rings is 1. The van der Waals surface area contributed by atoms with Crippen molar-refractivity contribution in [1.82, 2.24) is 0 Å². The highest BCUT2D eigenvalue weighted by Gasteiger charge is 2.52. The molecule has 1 N–H and O–H groups in total. The van der Waals surface area contributed by atoms with Crippen molar-refractivity contribution in [3.63, 3.8) is 0 Å². The molecule has 3 heteroatoms. The van der Waals surface area contributed by atoms with Gasteiger partial charge < -0.3 is 5.11 Å². The fourth-order valence-corrected chi connectivity index (χ4v) is 3.19. The number of carbonyl (C=O) groups excluding carboxylic acids is 2. The molecule has 1 aromatic carbocycles. The van der Waals surface area contributed by atoms with Crippen molar-refractivity contribution in [2.45, 2.75) is 38.7 Å². The first-order valence-electron chi connectivity index (χ1n) is 6.73. The summed E-state index contributed by atoms with van der Waals surface area (Å²) < 4.78 is 0. The summed E-state index contributed by atoms with van der Waals surface area (Å²) in [5, 5.41) is 10.2. The van der Waals surface area contributed by atoms with E-state index in [1.165, 1.54) is 19.4 Å². The molecule has 2 rings (SSSR count). The van der Waals surface area contributed by atoms with Gasteiger partial charge in [-0.2, -0.15) is 0 Å². The molecule has 0 heterocycles. The standard InChI is InChI=1S/C16H20O3/c1-11(17)15-13(10-14(18)16(15,2)19)9-8-12-6-4-3-5-7-12/h3-7,13,15,19H,8-10H2,1-2H3/t13-,15+,16+/m1/s1. The van der Waals surface area contributed by atoms with Gasteiger partial charge in [0.15, 0.2) is 5.78 Å². The molecule has 1 fully saturated rings. The maximum atomic E-state index is 11.8. The second kappa shape index (κ2) is 5.25. The van der Waals surface area contributed by atoms with E-state index < -0.39 is 11.5 Å². The van der Waals surface area contributed by atoms with Crippen molar-refractivity contribution in [2.75, 3.05) is 0 Å². The van der Waals surface area contributed by atoms with Crippen LogP contribution in [0.25, 0.3) is 0 Å². The molecule has 0 aromatic heterocycles. The Balaban J connectivity index is 2.08. The van der Waals surface area contributed by atoms with E-state index in [2.05, 4.69) is 0 Å². The molecule has 0 saturated heterocycles. The number of rotatable bonds is 4. The molecule has 102 valence electrons. The number of Topliss-reactive ketones (excluding diaryl/α,β-unsaturated/α-hetero) is 2. The summed E-state index contributed by atoms with van der Waals surface area (Å²) in [6.07, 6.45) is 1.90. The minimum absolute atomic E-state index is 0.0415. The van der Waals surface area contributed by atoms with Gasteiger partial charge in [0, 0.05) is 6.42 Å². The van der Waals surface area contributed by atoms with Gasteiger partial charge in [-0.25, -0.2) is 0 Å². The molecule has 1 aromatic rings. The minimum atomic E-state index is -1.48. The van der Waals surface area contributed by atoms with Crippen LogP contribution in [0, 0.1) is 11.8 Å². The lowest BCUT2D eigenvalue weighted by Crippen LogP contribution is -2.41. The van der Waals surface area contributed by atoms with Gasteiger partial charge in [-0.05, 0) is 38.2 Å². The van der Waals surface area contributed by atoms with Gasteiger partial charge in [-0.3, -0.25) is 9.59 Å². The van der Waals surface area contributed by atoms with E-state index in [4.69, 9.17) is 0 Å². The van der Waals surface area contributed by atoms with Crippen molar-refractivity contribution in [2.24, 2.45) is 11.8 Å². The number of aliphatic hydroxyl groups is 1. The minimum Gasteiger partial charge on any atom is -0.382 e. The Morgan fingerprint density at radius 2 is 2.00 bits per heavy atom. The van der Waals surface area contributed by atoms with Crippen LogP contribution in [0.1, 0.15) is 32.3 Å². The van der Waals surface area contributed by atoms with Crippen LogP contribution < -0.4 is 0 Å². The highest BCUT2D eigenvalue weighted by molar-refractivity contribution is 5.97. The SMILES string of the molecule is CC(=O)[C@H]1[C@H](CCc2ccccc2)CC(=O)[C@]1(C)O. The largest absolute Gasteiger partial charge is 0.382 e. The van der Waals surface area contributed by atoms with Crippen LogP contribution in [0.2, 0.25) is 0 Å². The highest BCUT2D eigenvalue weighted by atomic mass is 16.3. The molecule has 3 atom stereocenters. The molecular formula is C16H20O3. The van der Waals surface area contributed by atoms with E-state index in [1.54, 1.807) is 0 Å². The molecule has 0 radical (unpaired) electrons. The summed E-state index contributed by atoms with van der Waals surface area (Å²) in [5.41, 5.74) is -0.281. The predicted octanol–water partition coefficient (Wildman–Crippen LogP) is 2.16. The van der Waals surface area contributed by atoms with E-state index >= 15 is 0 Å². The number of hydrogen-bond acceptors (Lipinski definition) is 3. The van der Waals surface area contributed by atoms with Gasteiger partial charge in [-0.1, -0.05) is 30.3 Å². The molecule has 0 unspecified atom stereocenters. The van der Waals surface area contributed by atoms with Gasteiger partial charge in [0.05, 0.1) is 5.92 Å². The average Bonchev–Trinajstić information content (AvgIpc) is 2.58. The first-order chi connectivity index (χ1) is 8.93. The number of hydrogen-bond donors (Lipinski definition) is 1. The van der Waals surface area contributed by atoms with Crippen molar-refractivity contribution >= 4 is 11.6 Å². The molecule has 19 heavy (non-hydrogen) atoms. The summed E-state index contributed by atoms with van der Waals surface area (Å²) in [6, 6.07) is 10.0. The summed E-state index contributed by atoms with van der Waals surface area (Å²) in [5.74, 6) is -0.886. The number of carbonyl (C=O) groups is 2.